The third kappa shape index (κ3) is 4.61. The van der Waals surface area contributed by atoms with Gasteiger partial charge in [-0.3, -0.25) is 4.79 Å². The van der Waals surface area contributed by atoms with Crippen LogP contribution >= 0.6 is 0 Å². The van der Waals surface area contributed by atoms with Crippen molar-refractivity contribution in [3.05, 3.63) is 59.3 Å². The Morgan fingerprint density at radius 3 is 2.62 bits per heavy atom. The fourth-order valence-corrected chi connectivity index (χ4v) is 7.35. The van der Waals surface area contributed by atoms with Crippen LogP contribution in [-0.4, -0.2) is 83.5 Å². The third-order valence-corrected chi connectivity index (χ3v) is 9.61. The van der Waals surface area contributed by atoms with Gasteiger partial charge in [-0.1, -0.05) is 43.2 Å². The summed E-state index contributed by atoms with van der Waals surface area (Å²) in [7, 11) is 0. The van der Waals surface area contributed by atoms with E-state index in [2.05, 4.69) is 34.6 Å². The van der Waals surface area contributed by atoms with Crippen molar-refractivity contribution in [3.63, 3.8) is 0 Å². The lowest BCUT2D eigenvalue weighted by Gasteiger charge is -2.54. The summed E-state index contributed by atoms with van der Waals surface area (Å²) < 4.78 is 0. The Kier molecular flexibility index (Phi) is 6.61. The van der Waals surface area contributed by atoms with Crippen LogP contribution in [0.4, 0.5) is 4.79 Å². The van der Waals surface area contributed by atoms with Gasteiger partial charge in [0.1, 0.15) is 6.29 Å². The lowest BCUT2D eigenvalue weighted by molar-refractivity contribution is -0.136. The van der Waals surface area contributed by atoms with Gasteiger partial charge in [0.05, 0.1) is 11.6 Å². The van der Waals surface area contributed by atoms with Gasteiger partial charge in [0, 0.05) is 56.8 Å². The second kappa shape index (κ2) is 9.91. The van der Waals surface area contributed by atoms with Crippen molar-refractivity contribution in [2.24, 2.45) is 11.3 Å². The Balaban J connectivity index is 1.19. The molecule has 1 aromatic rings. The van der Waals surface area contributed by atoms with Gasteiger partial charge < -0.3 is 25.1 Å². The smallest absolute Gasteiger partial charge is 0.320 e. The zero-order chi connectivity index (χ0) is 25.5. The minimum atomic E-state index is -0.877. The second-order valence-electron chi connectivity index (χ2n) is 11.9. The number of hydrogen-bond acceptors (Lipinski definition) is 5. The normalized spacial score (nSPS) is 29.8. The molecule has 1 spiro atoms. The molecule has 2 saturated carbocycles. The number of rotatable bonds is 5. The summed E-state index contributed by atoms with van der Waals surface area (Å²) in [6.45, 7) is 4.51. The molecule has 1 aromatic carbocycles. The van der Waals surface area contributed by atoms with Crippen LogP contribution in [0.25, 0.3) is 0 Å². The van der Waals surface area contributed by atoms with Crippen LogP contribution in [0, 0.1) is 11.3 Å². The van der Waals surface area contributed by atoms with E-state index < -0.39 is 5.60 Å². The van der Waals surface area contributed by atoms with E-state index in [1.807, 2.05) is 28.0 Å². The molecule has 5 aliphatic rings. The van der Waals surface area contributed by atoms with Crippen LogP contribution < -0.4 is 5.32 Å². The van der Waals surface area contributed by atoms with Crippen molar-refractivity contribution in [2.45, 2.75) is 56.6 Å². The fraction of sp³-hybridized carbons (Fsp3) is 0.600. The van der Waals surface area contributed by atoms with Gasteiger partial charge in [-0.05, 0) is 61.4 Å². The molecule has 0 bridgehead atoms. The van der Waals surface area contributed by atoms with Crippen LogP contribution in [0.3, 0.4) is 0 Å². The molecule has 2 amide bonds. The molecule has 6 rings (SSSR count). The fourth-order valence-electron chi connectivity index (χ4n) is 7.35. The Hall–Kier alpha value is -2.64. The Morgan fingerprint density at radius 2 is 1.89 bits per heavy atom. The molecule has 37 heavy (non-hydrogen) atoms. The molecule has 7 heteroatoms. The lowest BCUT2D eigenvalue weighted by Crippen LogP contribution is -2.65. The number of carbonyl (C=O) groups excluding carboxylic acids is 2. The molecular formula is C30H40N4O3. The molecule has 3 heterocycles. The first-order chi connectivity index (χ1) is 18.0. The van der Waals surface area contributed by atoms with Gasteiger partial charge in [0.2, 0.25) is 0 Å². The molecule has 198 valence electrons. The van der Waals surface area contributed by atoms with Gasteiger partial charge >= 0.3 is 6.03 Å². The van der Waals surface area contributed by atoms with Gasteiger partial charge in [0.25, 0.3) is 0 Å². The highest BCUT2D eigenvalue weighted by Crippen LogP contribution is 2.52. The molecular weight excluding hydrogens is 464 g/mol. The molecule has 2 saturated heterocycles. The Morgan fingerprint density at radius 1 is 1.11 bits per heavy atom. The zero-order valence-electron chi connectivity index (χ0n) is 21.8. The first-order valence-corrected chi connectivity index (χ1v) is 14.2. The van der Waals surface area contributed by atoms with Crippen molar-refractivity contribution in [1.82, 2.24) is 20.0 Å². The quantitative estimate of drug-likeness (QED) is 0.601. The number of amides is 2. The van der Waals surface area contributed by atoms with E-state index in [4.69, 9.17) is 0 Å². The minimum Gasteiger partial charge on any atom is -0.387 e. The maximum atomic E-state index is 13.9. The number of nitrogens with zero attached hydrogens (tertiary/aromatic N) is 3. The first kappa shape index (κ1) is 24.7. The van der Waals surface area contributed by atoms with Gasteiger partial charge in [-0.15, -0.1) is 0 Å². The Labute approximate surface area is 220 Å². The van der Waals surface area contributed by atoms with Crippen LogP contribution in [0.1, 0.15) is 56.6 Å². The number of piperidine rings is 1. The first-order valence-electron chi connectivity index (χ1n) is 14.2. The van der Waals surface area contributed by atoms with Crippen molar-refractivity contribution >= 4 is 12.3 Å². The highest BCUT2D eigenvalue weighted by atomic mass is 16.3. The molecule has 2 N–H and O–H groups in total. The van der Waals surface area contributed by atoms with E-state index in [0.717, 1.165) is 56.2 Å². The highest BCUT2D eigenvalue weighted by molar-refractivity contribution is 5.77. The Bertz CT molecular complexity index is 1080. The van der Waals surface area contributed by atoms with Crippen LogP contribution in [0.5, 0.6) is 0 Å². The van der Waals surface area contributed by atoms with E-state index in [0.29, 0.717) is 45.1 Å². The summed E-state index contributed by atoms with van der Waals surface area (Å²) in [6.07, 6.45) is 12.2. The number of allylic oxidation sites excluding steroid dienone is 2. The average Bonchev–Trinajstić information content (AvgIpc) is 3.67. The number of aldehydes is 1. The number of nitrogens with one attached hydrogen (secondary N) is 1. The summed E-state index contributed by atoms with van der Waals surface area (Å²) in [5, 5.41) is 15.7. The number of likely N-dealkylation sites (tertiary alicyclic amines) is 1. The van der Waals surface area contributed by atoms with Crippen LogP contribution in [0.15, 0.2) is 53.8 Å². The SMILES string of the molecule is O=CC1=C(C2CC2)C=CN(C[C@]2(O)CCN(C(=O)N3CCNC[C@H]3c3ccccc3)CC23CCCC3)C1. The number of urea groups is 1. The monoisotopic (exact) mass is 504 g/mol. The van der Waals surface area contributed by atoms with Crippen molar-refractivity contribution < 1.29 is 14.7 Å². The largest absolute Gasteiger partial charge is 0.387 e. The lowest BCUT2D eigenvalue weighted by atomic mass is 9.65. The zero-order valence-corrected chi connectivity index (χ0v) is 21.8. The summed E-state index contributed by atoms with van der Waals surface area (Å²) >= 11 is 0. The molecule has 0 aromatic heterocycles. The topological polar surface area (TPSA) is 76.1 Å². The molecule has 3 aliphatic heterocycles. The van der Waals surface area contributed by atoms with Crippen molar-refractivity contribution in [2.75, 3.05) is 45.8 Å². The van der Waals surface area contributed by atoms with Crippen molar-refractivity contribution in [1.29, 1.82) is 0 Å². The number of aliphatic hydroxyl groups is 1. The maximum Gasteiger partial charge on any atom is 0.320 e. The highest BCUT2D eigenvalue weighted by Gasteiger charge is 2.56. The molecule has 0 unspecified atom stereocenters. The molecule has 0 radical (unpaired) electrons. The minimum absolute atomic E-state index is 0.0236. The van der Waals surface area contributed by atoms with E-state index >= 15 is 0 Å². The molecule has 2 atom stereocenters. The van der Waals surface area contributed by atoms with E-state index in [-0.39, 0.29) is 17.5 Å². The van der Waals surface area contributed by atoms with Gasteiger partial charge in [0.15, 0.2) is 0 Å². The number of carbonyl (C=O) groups is 2. The molecule has 4 fully saturated rings. The van der Waals surface area contributed by atoms with E-state index in [9.17, 15) is 14.7 Å². The van der Waals surface area contributed by atoms with Gasteiger partial charge in [-0.2, -0.15) is 0 Å². The van der Waals surface area contributed by atoms with Crippen LogP contribution in [-0.2, 0) is 4.79 Å². The summed E-state index contributed by atoms with van der Waals surface area (Å²) in [5.41, 5.74) is 2.05. The van der Waals surface area contributed by atoms with E-state index in [1.54, 1.807) is 0 Å². The maximum absolute atomic E-state index is 13.9. The number of piperazine rings is 1. The average molecular weight is 505 g/mol. The van der Waals surface area contributed by atoms with Gasteiger partial charge in [-0.25, -0.2) is 4.79 Å². The number of β-amino-alcohol motifs (C(OH)–C–C–N with tert-alkyl or cyclic N) is 1. The standard InChI is InChI=1S/C30H40N4O3/c35-20-25-19-32(15-10-26(25)23-8-9-23)22-30(37)13-16-33(21-29(30)11-4-5-12-29)28(36)34-17-14-31-18-27(34)24-6-2-1-3-7-24/h1-3,6-7,10,15,20,23,27,31,37H,4-5,8-9,11-14,16-19,21-22H2/t27-,30+/m0/s1. The van der Waals surface area contributed by atoms with Crippen molar-refractivity contribution in [3.8, 4) is 0 Å². The molecule has 7 nitrogen and oxygen atoms in total. The van der Waals surface area contributed by atoms with Crippen LogP contribution in [0.2, 0.25) is 0 Å². The number of benzene rings is 1. The summed E-state index contributed by atoms with van der Waals surface area (Å²) in [6, 6.07) is 10.4. The third-order valence-electron chi connectivity index (χ3n) is 9.61. The van der Waals surface area contributed by atoms with E-state index in [1.165, 1.54) is 18.4 Å². The second-order valence-corrected chi connectivity index (χ2v) is 11.9. The predicted octanol–water partition coefficient (Wildman–Crippen LogP) is 3.48. The predicted molar refractivity (Wildman–Crippen MR) is 143 cm³/mol. The summed E-state index contributed by atoms with van der Waals surface area (Å²) in [5.74, 6) is 0.543. The molecule has 2 aliphatic carbocycles. The number of hydrogen-bond donors (Lipinski definition) is 2. The summed E-state index contributed by atoms with van der Waals surface area (Å²) in [4.78, 5) is 32.0.